The second-order valence-electron chi connectivity index (χ2n) is 9.79. The Balaban J connectivity index is 1.33. The van der Waals surface area contributed by atoms with E-state index in [2.05, 4.69) is 33.3 Å². The molecule has 1 fully saturated rings. The first kappa shape index (κ1) is 29.0. The van der Waals surface area contributed by atoms with Gasteiger partial charge >= 0.3 is 0 Å². The van der Waals surface area contributed by atoms with Gasteiger partial charge in [0.15, 0.2) is 5.16 Å². The minimum absolute atomic E-state index is 0.119. The van der Waals surface area contributed by atoms with Gasteiger partial charge in [-0.25, -0.2) is 9.97 Å². The molecule has 3 aromatic rings. The molecule has 2 aromatic heterocycles. The molecule has 11 heteroatoms. The van der Waals surface area contributed by atoms with Gasteiger partial charge in [0, 0.05) is 62.2 Å². The van der Waals surface area contributed by atoms with E-state index in [0.717, 1.165) is 56.8 Å². The Bertz CT molecular complexity index is 1380. The first-order chi connectivity index (χ1) is 19.3. The molecule has 0 bridgehead atoms. The van der Waals surface area contributed by atoms with Crippen molar-refractivity contribution in [2.24, 2.45) is 0 Å². The van der Waals surface area contributed by atoms with E-state index in [0.29, 0.717) is 34.3 Å². The molecule has 0 unspecified atom stereocenters. The Morgan fingerprint density at radius 2 is 1.75 bits per heavy atom. The zero-order valence-electron chi connectivity index (χ0n) is 22.9. The molecule has 1 aromatic carbocycles. The standard InChI is InChI=1S/C29H34N8O2S/c1-20(38)32-23-12-10-21(11-13-23)27-25(18-30)28(31)35-29(34-27)40-19-24-8-5-7-22(33-24)6-3-4-9-26(39)37-16-14-36(2)15-17-37/h5,7-8,10-13H,3-4,6,9,14-17,19H2,1-2H3,(H,32,38)(H2,31,34,35). The number of hydrogen-bond donors (Lipinski definition) is 2. The third kappa shape index (κ3) is 8.00. The summed E-state index contributed by atoms with van der Waals surface area (Å²) in [5.74, 6) is 0.747. The highest BCUT2D eigenvalue weighted by Gasteiger charge is 2.18. The Hall–Kier alpha value is -4.01. The molecular weight excluding hydrogens is 524 g/mol. The molecule has 0 radical (unpaired) electrons. The fourth-order valence-electron chi connectivity index (χ4n) is 4.44. The monoisotopic (exact) mass is 558 g/mol. The largest absolute Gasteiger partial charge is 0.382 e. The third-order valence-corrected chi connectivity index (χ3v) is 7.53. The van der Waals surface area contributed by atoms with Gasteiger partial charge in [-0.2, -0.15) is 5.26 Å². The molecule has 208 valence electrons. The molecule has 0 saturated carbocycles. The van der Waals surface area contributed by atoms with Gasteiger partial charge in [-0.15, -0.1) is 0 Å². The Kier molecular flexibility index (Phi) is 10.0. The number of nitrogens with two attached hydrogens (primary N) is 1. The number of nitriles is 1. The molecule has 10 nitrogen and oxygen atoms in total. The number of likely N-dealkylation sites (N-methyl/N-ethyl adjacent to an activating group) is 1. The van der Waals surface area contributed by atoms with Gasteiger partial charge < -0.3 is 20.9 Å². The molecule has 1 aliphatic rings. The number of hydrogen-bond acceptors (Lipinski definition) is 9. The lowest BCUT2D eigenvalue weighted by Crippen LogP contribution is -2.47. The van der Waals surface area contributed by atoms with Crippen LogP contribution in [0.4, 0.5) is 11.5 Å². The van der Waals surface area contributed by atoms with Crippen molar-refractivity contribution in [1.29, 1.82) is 5.26 Å². The highest BCUT2D eigenvalue weighted by atomic mass is 32.2. The zero-order chi connectivity index (χ0) is 28.5. The fourth-order valence-corrected chi connectivity index (χ4v) is 5.20. The van der Waals surface area contributed by atoms with Crippen LogP contribution in [-0.4, -0.2) is 69.8 Å². The van der Waals surface area contributed by atoms with Crippen LogP contribution in [0.3, 0.4) is 0 Å². The number of nitrogen functional groups attached to an aromatic ring is 1. The van der Waals surface area contributed by atoms with Crippen molar-refractivity contribution in [3.05, 3.63) is 59.4 Å². The number of nitrogens with zero attached hydrogens (tertiary/aromatic N) is 6. The van der Waals surface area contributed by atoms with Crippen LogP contribution in [0, 0.1) is 11.3 Å². The van der Waals surface area contributed by atoms with Gasteiger partial charge in [-0.3, -0.25) is 14.6 Å². The molecule has 4 rings (SSSR count). The van der Waals surface area contributed by atoms with Crippen LogP contribution in [0.2, 0.25) is 0 Å². The third-order valence-electron chi connectivity index (χ3n) is 6.65. The van der Waals surface area contributed by atoms with Crippen molar-refractivity contribution in [1.82, 2.24) is 24.8 Å². The summed E-state index contributed by atoms with van der Waals surface area (Å²) < 4.78 is 0. The maximum absolute atomic E-state index is 12.5. The average molecular weight is 559 g/mol. The van der Waals surface area contributed by atoms with E-state index < -0.39 is 0 Å². The molecule has 40 heavy (non-hydrogen) atoms. The number of rotatable bonds is 10. The second kappa shape index (κ2) is 13.9. The maximum Gasteiger partial charge on any atom is 0.222 e. The maximum atomic E-state index is 12.5. The van der Waals surface area contributed by atoms with Gasteiger partial charge in [-0.1, -0.05) is 30.0 Å². The van der Waals surface area contributed by atoms with Crippen molar-refractivity contribution in [3.8, 4) is 17.3 Å². The fraction of sp³-hybridized carbons (Fsp3) is 0.379. The normalized spacial score (nSPS) is 13.6. The Morgan fingerprint density at radius 3 is 2.45 bits per heavy atom. The number of carbonyl (C=O) groups is 2. The summed E-state index contributed by atoms with van der Waals surface area (Å²) in [4.78, 5) is 41.7. The first-order valence-electron chi connectivity index (χ1n) is 13.3. The number of nitrogens with one attached hydrogen (secondary N) is 1. The first-order valence-corrected chi connectivity index (χ1v) is 14.3. The summed E-state index contributed by atoms with van der Waals surface area (Å²) in [6, 6.07) is 15.1. The highest BCUT2D eigenvalue weighted by Crippen LogP contribution is 2.29. The molecule has 1 saturated heterocycles. The van der Waals surface area contributed by atoms with E-state index in [4.69, 9.17) is 10.7 Å². The summed E-state index contributed by atoms with van der Waals surface area (Å²) >= 11 is 1.40. The van der Waals surface area contributed by atoms with Crippen LogP contribution in [0.5, 0.6) is 0 Å². The topological polar surface area (TPSA) is 141 Å². The predicted octanol–water partition coefficient (Wildman–Crippen LogP) is 3.73. The van der Waals surface area contributed by atoms with E-state index in [-0.39, 0.29) is 23.2 Å². The van der Waals surface area contributed by atoms with Crippen molar-refractivity contribution in [2.45, 2.75) is 43.5 Å². The van der Waals surface area contributed by atoms with E-state index in [1.54, 1.807) is 24.3 Å². The minimum Gasteiger partial charge on any atom is -0.382 e. The number of piperazine rings is 1. The van der Waals surface area contributed by atoms with Crippen LogP contribution in [0.1, 0.15) is 43.1 Å². The molecule has 2 amide bonds. The van der Waals surface area contributed by atoms with Crippen LogP contribution in [-0.2, 0) is 21.8 Å². The zero-order valence-corrected chi connectivity index (χ0v) is 23.7. The van der Waals surface area contributed by atoms with Gasteiger partial charge in [-0.05, 0) is 50.6 Å². The van der Waals surface area contributed by atoms with Crippen molar-refractivity contribution < 1.29 is 9.59 Å². The lowest BCUT2D eigenvalue weighted by atomic mass is 10.1. The highest BCUT2D eigenvalue weighted by molar-refractivity contribution is 7.98. The number of unbranched alkanes of at least 4 members (excludes halogenated alkanes) is 1. The Labute approximate surface area is 239 Å². The van der Waals surface area contributed by atoms with Gasteiger partial charge in [0.25, 0.3) is 0 Å². The summed E-state index contributed by atoms with van der Waals surface area (Å²) in [5.41, 5.74) is 10.0. The molecule has 0 atom stereocenters. The summed E-state index contributed by atoms with van der Waals surface area (Å²) in [5, 5.41) is 12.8. The predicted molar refractivity (Wildman–Crippen MR) is 156 cm³/mol. The van der Waals surface area contributed by atoms with Crippen LogP contribution in [0.25, 0.3) is 11.3 Å². The molecule has 0 aliphatic carbocycles. The van der Waals surface area contributed by atoms with Gasteiger partial charge in [0.1, 0.15) is 17.5 Å². The molecular formula is C29H34N8O2S. The van der Waals surface area contributed by atoms with E-state index in [9.17, 15) is 14.9 Å². The summed E-state index contributed by atoms with van der Waals surface area (Å²) in [7, 11) is 2.09. The van der Waals surface area contributed by atoms with Crippen LogP contribution in [0.15, 0.2) is 47.6 Å². The minimum atomic E-state index is -0.163. The number of aromatic nitrogens is 3. The van der Waals surface area contributed by atoms with Crippen LogP contribution < -0.4 is 11.1 Å². The van der Waals surface area contributed by atoms with Crippen molar-refractivity contribution >= 4 is 35.1 Å². The number of amides is 2. The molecule has 3 heterocycles. The lowest BCUT2D eigenvalue weighted by Gasteiger charge is -2.32. The number of anilines is 2. The van der Waals surface area contributed by atoms with E-state index in [1.807, 2.05) is 23.1 Å². The van der Waals surface area contributed by atoms with E-state index in [1.165, 1.54) is 18.7 Å². The summed E-state index contributed by atoms with van der Waals surface area (Å²) in [6.07, 6.45) is 3.14. The quantitative estimate of drug-likeness (QED) is 0.216. The molecule has 1 aliphatic heterocycles. The van der Waals surface area contributed by atoms with Crippen molar-refractivity contribution in [2.75, 3.05) is 44.3 Å². The second-order valence-corrected chi connectivity index (χ2v) is 10.7. The lowest BCUT2D eigenvalue weighted by molar-refractivity contribution is -0.132. The number of thioether (sulfide) groups is 1. The van der Waals surface area contributed by atoms with E-state index >= 15 is 0 Å². The van der Waals surface area contributed by atoms with Crippen molar-refractivity contribution in [3.63, 3.8) is 0 Å². The van der Waals surface area contributed by atoms with Gasteiger partial charge in [0.05, 0.1) is 11.4 Å². The molecule has 0 spiro atoms. The average Bonchev–Trinajstić information content (AvgIpc) is 2.94. The molecule has 3 N–H and O–H groups in total. The number of carbonyl (C=O) groups excluding carboxylic acids is 2. The SMILES string of the molecule is CC(=O)Nc1ccc(-c2nc(SCc3cccc(CCCCC(=O)N4CCN(C)CC4)n3)nc(N)c2C#N)cc1. The number of aryl methyl sites for hydroxylation is 1. The Morgan fingerprint density at radius 1 is 1.02 bits per heavy atom. The van der Waals surface area contributed by atoms with Crippen LogP contribution >= 0.6 is 11.8 Å². The smallest absolute Gasteiger partial charge is 0.222 e. The van der Waals surface area contributed by atoms with Gasteiger partial charge in [0.2, 0.25) is 11.8 Å². The number of pyridine rings is 1. The summed E-state index contributed by atoms with van der Waals surface area (Å²) in [6.45, 7) is 4.96. The number of benzene rings is 1.